The van der Waals surface area contributed by atoms with Crippen molar-refractivity contribution in [2.45, 2.75) is 110 Å². The third kappa shape index (κ3) is 6.29. The van der Waals surface area contributed by atoms with Gasteiger partial charge in [0.25, 0.3) is 0 Å². The first-order chi connectivity index (χ1) is 16.6. The molecule has 2 aromatic carbocycles. The van der Waals surface area contributed by atoms with E-state index in [-0.39, 0.29) is 0 Å². The molecule has 0 heterocycles. The molecule has 4 rings (SSSR count). The molecule has 2 saturated carbocycles. The maximum atomic E-state index is 14.7. The van der Waals surface area contributed by atoms with Gasteiger partial charge in [0.2, 0.25) is 0 Å². The molecule has 186 valence electrons. The van der Waals surface area contributed by atoms with Gasteiger partial charge in [-0.3, -0.25) is 0 Å². The first kappa shape index (κ1) is 25.4. The summed E-state index contributed by atoms with van der Waals surface area (Å²) in [5.74, 6) is 2.12. The van der Waals surface area contributed by atoms with Crippen LogP contribution < -0.4 is 0 Å². The fourth-order valence-electron chi connectivity index (χ4n) is 6.68. The van der Waals surface area contributed by atoms with Gasteiger partial charge in [-0.2, -0.15) is 0 Å². The lowest BCUT2D eigenvalue weighted by Gasteiger charge is -2.32. The van der Waals surface area contributed by atoms with E-state index in [1.807, 2.05) is 19.1 Å². The quantitative estimate of drug-likeness (QED) is 0.345. The van der Waals surface area contributed by atoms with Crippen molar-refractivity contribution in [1.82, 2.24) is 0 Å². The molecule has 2 heteroatoms. The molecular formula is C32H44F2. The predicted molar refractivity (Wildman–Crippen MR) is 140 cm³/mol. The smallest absolute Gasteiger partial charge is 0.166 e. The molecule has 2 aliphatic rings. The van der Waals surface area contributed by atoms with E-state index in [0.29, 0.717) is 23.5 Å². The average Bonchev–Trinajstić information content (AvgIpc) is 2.87. The number of rotatable bonds is 9. The Morgan fingerprint density at radius 2 is 1.18 bits per heavy atom. The molecule has 2 aliphatic carbocycles. The van der Waals surface area contributed by atoms with E-state index in [4.69, 9.17) is 0 Å². The topological polar surface area (TPSA) is 0 Å². The van der Waals surface area contributed by atoms with Crippen molar-refractivity contribution in [2.24, 2.45) is 17.8 Å². The normalized spacial score (nSPS) is 25.4. The van der Waals surface area contributed by atoms with Crippen LogP contribution in [0, 0.1) is 29.4 Å². The van der Waals surface area contributed by atoms with Crippen LogP contribution in [0.4, 0.5) is 8.78 Å². The minimum absolute atomic E-state index is 0.372. The van der Waals surface area contributed by atoms with Crippen molar-refractivity contribution >= 4 is 0 Å². The predicted octanol–water partition coefficient (Wildman–Crippen LogP) is 10.2. The van der Waals surface area contributed by atoms with Crippen LogP contribution >= 0.6 is 0 Å². The largest absolute Gasteiger partial charge is 0.203 e. The average molecular weight is 467 g/mol. The molecule has 0 N–H and O–H groups in total. The van der Waals surface area contributed by atoms with Gasteiger partial charge in [-0.1, -0.05) is 108 Å². The van der Waals surface area contributed by atoms with Crippen molar-refractivity contribution < 1.29 is 8.78 Å². The fourth-order valence-corrected chi connectivity index (χ4v) is 6.68. The van der Waals surface area contributed by atoms with Crippen molar-refractivity contribution in [2.75, 3.05) is 0 Å². The second kappa shape index (κ2) is 12.3. The Balaban J connectivity index is 1.26. The van der Waals surface area contributed by atoms with Crippen LogP contribution in [0.1, 0.15) is 114 Å². The number of halogens is 2. The highest BCUT2D eigenvalue weighted by atomic mass is 19.2. The van der Waals surface area contributed by atoms with Crippen LogP contribution in [0.25, 0.3) is 11.1 Å². The second-order valence-electron chi connectivity index (χ2n) is 11.2. The van der Waals surface area contributed by atoms with E-state index >= 15 is 0 Å². The highest BCUT2D eigenvalue weighted by Gasteiger charge is 2.25. The lowest BCUT2D eigenvalue weighted by Crippen LogP contribution is -2.17. The highest BCUT2D eigenvalue weighted by Crippen LogP contribution is 2.40. The van der Waals surface area contributed by atoms with E-state index in [1.165, 1.54) is 82.6 Å². The van der Waals surface area contributed by atoms with Gasteiger partial charge in [0.1, 0.15) is 0 Å². The van der Waals surface area contributed by atoms with Crippen molar-refractivity contribution in [3.8, 4) is 11.1 Å². The summed E-state index contributed by atoms with van der Waals surface area (Å²) in [6.45, 7) is 4.31. The van der Waals surface area contributed by atoms with Crippen molar-refractivity contribution in [3.63, 3.8) is 0 Å². The summed E-state index contributed by atoms with van der Waals surface area (Å²) >= 11 is 0. The molecular weight excluding hydrogens is 422 g/mol. The summed E-state index contributed by atoms with van der Waals surface area (Å²) in [5.41, 5.74) is 2.98. The van der Waals surface area contributed by atoms with Gasteiger partial charge in [-0.05, 0) is 72.5 Å². The van der Waals surface area contributed by atoms with E-state index in [0.717, 1.165) is 29.7 Å². The van der Waals surface area contributed by atoms with E-state index < -0.39 is 11.6 Å². The first-order valence-electron chi connectivity index (χ1n) is 14.2. The van der Waals surface area contributed by atoms with Crippen LogP contribution in [0.2, 0.25) is 0 Å². The zero-order chi connectivity index (χ0) is 23.9. The Morgan fingerprint density at radius 3 is 1.74 bits per heavy atom. The molecule has 0 aliphatic heterocycles. The third-order valence-electron chi connectivity index (χ3n) is 8.87. The Hall–Kier alpha value is -1.70. The van der Waals surface area contributed by atoms with Gasteiger partial charge in [0.05, 0.1) is 0 Å². The van der Waals surface area contributed by atoms with Gasteiger partial charge in [0, 0.05) is 5.56 Å². The summed E-state index contributed by atoms with van der Waals surface area (Å²) in [5, 5.41) is 0. The Kier molecular flexibility index (Phi) is 9.20. The number of hydrogen-bond acceptors (Lipinski definition) is 0. The number of benzene rings is 2. The number of hydrogen-bond donors (Lipinski definition) is 0. The standard InChI is InChI=1S/C32H44F2/c1-3-5-23-7-9-24(10-8-23)11-12-25-13-15-26(16-14-25)27-17-19-28(20-18-27)30-22-21-29(6-4-2)31(33)32(30)34/h17-26H,3-16H2,1-2H3. The summed E-state index contributed by atoms with van der Waals surface area (Å²) in [6.07, 6.45) is 18.2. The van der Waals surface area contributed by atoms with Gasteiger partial charge in [0.15, 0.2) is 11.6 Å². The fraction of sp³-hybridized carbons (Fsp3) is 0.625. The Morgan fingerprint density at radius 1 is 0.618 bits per heavy atom. The SMILES string of the molecule is CCCc1ccc(-c2ccc(C3CCC(CCC4CCC(CCC)CC4)CC3)cc2)c(F)c1F. The molecule has 2 fully saturated rings. The van der Waals surface area contributed by atoms with Crippen LogP contribution in [0.5, 0.6) is 0 Å². The van der Waals surface area contributed by atoms with Crippen LogP contribution in [0.15, 0.2) is 36.4 Å². The molecule has 0 spiro atoms. The first-order valence-corrected chi connectivity index (χ1v) is 14.2. The van der Waals surface area contributed by atoms with Crippen LogP contribution in [0.3, 0.4) is 0 Å². The van der Waals surface area contributed by atoms with Gasteiger partial charge in [-0.15, -0.1) is 0 Å². The van der Waals surface area contributed by atoms with Crippen molar-refractivity contribution in [1.29, 1.82) is 0 Å². The molecule has 0 radical (unpaired) electrons. The molecule has 0 nitrogen and oxygen atoms in total. The number of aryl methyl sites for hydroxylation is 1. The third-order valence-corrected chi connectivity index (χ3v) is 8.87. The van der Waals surface area contributed by atoms with Gasteiger partial charge in [-0.25, -0.2) is 8.78 Å². The van der Waals surface area contributed by atoms with E-state index in [9.17, 15) is 8.78 Å². The zero-order valence-electron chi connectivity index (χ0n) is 21.4. The molecule has 0 bridgehead atoms. The van der Waals surface area contributed by atoms with Crippen LogP contribution in [-0.2, 0) is 6.42 Å². The van der Waals surface area contributed by atoms with E-state index in [1.54, 1.807) is 12.1 Å². The summed E-state index contributed by atoms with van der Waals surface area (Å²) in [4.78, 5) is 0. The molecule has 2 aromatic rings. The molecule has 0 unspecified atom stereocenters. The lowest BCUT2D eigenvalue weighted by molar-refractivity contribution is 0.224. The second-order valence-corrected chi connectivity index (χ2v) is 11.2. The Labute approximate surface area is 206 Å². The highest BCUT2D eigenvalue weighted by molar-refractivity contribution is 5.65. The molecule has 0 aromatic heterocycles. The molecule has 0 amide bonds. The molecule has 34 heavy (non-hydrogen) atoms. The van der Waals surface area contributed by atoms with E-state index in [2.05, 4.69) is 19.1 Å². The van der Waals surface area contributed by atoms with Crippen LogP contribution in [-0.4, -0.2) is 0 Å². The maximum absolute atomic E-state index is 14.7. The van der Waals surface area contributed by atoms with Crippen molar-refractivity contribution in [3.05, 3.63) is 59.2 Å². The zero-order valence-corrected chi connectivity index (χ0v) is 21.4. The summed E-state index contributed by atoms with van der Waals surface area (Å²) in [6, 6.07) is 11.7. The summed E-state index contributed by atoms with van der Waals surface area (Å²) in [7, 11) is 0. The van der Waals surface area contributed by atoms with Gasteiger partial charge >= 0.3 is 0 Å². The minimum Gasteiger partial charge on any atom is -0.203 e. The van der Waals surface area contributed by atoms with Gasteiger partial charge < -0.3 is 0 Å². The molecule has 0 atom stereocenters. The maximum Gasteiger partial charge on any atom is 0.166 e. The minimum atomic E-state index is -0.710. The summed E-state index contributed by atoms with van der Waals surface area (Å²) < 4.78 is 29.1. The monoisotopic (exact) mass is 466 g/mol. The Bertz CT molecular complexity index is 884. The lowest BCUT2D eigenvalue weighted by atomic mass is 9.74. The molecule has 0 saturated heterocycles.